The van der Waals surface area contributed by atoms with Crippen molar-refractivity contribution in [2.45, 2.75) is 30.5 Å². The summed E-state index contributed by atoms with van der Waals surface area (Å²) in [7, 11) is -1.27. The van der Waals surface area contributed by atoms with Gasteiger partial charge in [-0.1, -0.05) is 0 Å². The maximum Gasteiger partial charge on any atom is 0.169 e. The van der Waals surface area contributed by atoms with Gasteiger partial charge in [-0.15, -0.1) is 0 Å². The number of rotatable bonds is 1. The summed E-state index contributed by atoms with van der Waals surface area (Å²) in [5.74, 6) is -0.00393. The molecule has 1 aromatic heterocycles. The molecule has 0 radical (unpaired) electrons. The maximum atomic E-state index is 11.8. The second-order valence-corrected chi connectivity index (χ2v) is 5.86. The van der Waals surface area contributed by atoms with Crippen molar-refractivity contribution in [2.75, 3.05) is 0 Å². The molecule has 0 amide bonds. The molecule has 0 aromatic carbocycles. The first kappa shape index (κ1) is 10.2. The summed E-state index contributed by atoms with van der Waals surface area (Å²) in [6.45, 7) is 5.53. The highest BCUT2D eigenvalue weighted by atomic mass is 32.2. The molecule has 72 valence electrons. The molecule has 1 aromatic rings. The van der Waals surface area contributed by atoms with E-state index < -0.39 is 15.5 Å². The Morgan fingerprint density at radius 1 is 1.46 bits per heavy atom. The van der Waals surface area contributed by atoms with Gasteiger partial charge in [-0.2, -0.15) is 0 Å². The standard InChI is InChI=1S/C9H13NO2S/c1-9(2,3)13(12)8-7(11)5-4-6-10-8/h4-6,11H,1-3H3. The molecule has 0 aliphatic rings. The Hall–Kier alpha value is -0.900. The third-order valence-electron chi connectivity index (χ3n) is 1.48. The van der Waals surface area contributed by atoms with Gasteiger partial charge in [0, 0.05) is 10.9 Å². The molecule has 1 atom stereocenters. The quantitative estimate of drug-likeness (QED) is 0.748. The Bertz CT molecular complexity index is 331. The van der Waals surface area contributed by atoms with Crippen LogP contribution >= 0.6 is 0 Å². The molecule has 0 fully saturated rings. The minimum atomic E-state index is -1.27. The zero-order chi connectivity index (χ0) is 10.1. The molecule has 13 heavy (non-hydrogen) atoms. The molecule has 0 spiro atoms. The Morgan fingerprint density at radius 3 is 2.54 bits per heavy atom. The van der Waals surface area contributed by atoms with Gasteiger partial charge in [0.15, 0.2) is 5.03 Å². The predicted octanol–water partition coefficient (Wildman–Crippen LogP) is 1.69. The average molecular weight is 199 g/mol. The van der Waals surface area contributed by atoms with Gasteiger partial charge in [0.2, 0.25) is 0 Å². The van der Waals surface area contributed by atoms with Gasteiger partial charge >= 0.3 is 0 Å². The Labute approximate surface area is 80.3 Å². The number of aromatic hydroxyl groups is 1. The molecule has 1 unspecified atom stereocenters. The Morgan fingerprint density at radius 2 is 2.08 bits per heavy atom. The molecule has 0 bridgehead atoms. The normalized spacial score (nSPS) is 14.1. The summed E-state index contributed by atoms with van der Waals surface area (Å²) in [4.78, 5) is 3.89. The fraction of sp³-hybridized carbons (Fsp3) is 0.444. The number of nitrogens with zero attached hydrogens (tertiary/aromatic N) is 1. The summed E-state index contributed by atoms with van der Waals surface area (Å²) in [6.07, 6.45) is 1.53. The maximum absolute atomic E-state index is 11.8. The van der Waals surface area contributed by atoms with E-state index in [2.05, 4.69) is 4.98 Å². The van der Waals surface area contributed by atoms with Crippen molar-refractivity contribution in [3.8, 4) is 5.75 Å². The van der Waals surface area contributed by atoms with Crippen LogP contribution in [0.15, 0.2) is 23.4 Å². The van der Waals surface area contributed by atoms with E-state index in [1.807, 2.05) is 20.8 Å². The fourth-order valence-electron chi connectivity index (χ4n) is 0.815. The second kappa shape index (κ2) is 3.46. The third-order valence-corrected chi connectivity index (χ3v) is 3.26. The summed E-state index contributed by atoms with van der Waals surface area (Å²) in [5.41, 5.74) is 0. The SMILES string of the molecule is CC(C)(C)S(=O)c1ncccc1O. The molecule has 4 heteroatoms. The first-order valence-electron chi connectivity index (χ1n) is 3.99. The molecule has 1 N–H and O–H groups in total. The summed E-state index contributed by atoms with van der Waals surface area (Å²) in [5, 5.41) is 9.65. The third kappa shape index (κ3) is 2.28. The van der Waals surface area contributed by atoms with E-state index in [0.29, 0.717) is 0 Å². The fourth-order valence-corrected chi connectivity index (χ4v) is 1.81. The molecule has 0 aliphatic heterocycles. The van der Waals surface area contributed by atoms with E-state index in [9.17, 15) is 9.32 Å². The van der Waals surface area contributed by atoms with Crippen LogP contribution < -0.4 is 0 Å². The van der Waals surface area contributed by atoms with Gasteiger partial charge in [0.05, 0.1) is 10.8 Å². The van der Waals surface area contributed by atoms with Crippen LogP contribution in [-0.4, -0.2) is 19.0 Å². The molecule has 3 nitrogen and oxygen atoms in total. The minimum Gasteiger partial charge on any atom is -0.505 e. The van der Waals surface area contributed by atoms with Crippen molar-refractivity contribution in [3.05, 3.63) is 18.3 Å². The summed E-state index contributed by atoms with van der Waals surface area (Å²) in [6, 6.07) is 3.10. The monoisotopic (exact) mass is 199 g/mol. The number of hydrogen-bond acceptors (Lipinski definition) is 3. The molecule has 0 aliphatic carbocycles. The predicted molar refractivity (Wildman–Crippen MR) is 52.1 cm³/mol. The van der Waals surface area contributed by atoms with Gasteiger partial charge in [0.25, 0.3) is 0 Å². The van der Waals surface area contributed by atoms with Crippen molar-refractivity contribution < 1.29 is 9.32 Å². The van der Waals surface area contributed by atoms with Gasteiger partial charge in [-0.25, -0.2) is 4.98 Å². The van der Waals surface area contributed by atoms with Gasteiger partial charge in [0.1, 0.15) is 5.75 Å². The van der Waals surface area contributed by atoms with E-state index in [1.54, 1.807) is 6.07 Å². The van der Waals surface area contributed by atoms with E-state index in [4.69, 9.17) is 0 Å². The zero-order valence-corrected chi connectivity index (χ0v) is 8.76. The molecule has 1 rings (SSSR count). The lowest BCUT2D eigenvalue weighted by Crippen LogP contribution is -2.22. The average Bonchev–Trinajstić information content (AvgIpc) is 2.02. The van der Waals surface area contributed by atoms with Crippen LogP contribution in [-0.2, 0) is 10.8 Å². The molecule has 0 saturated carbocycles. The van der Waals surface area contributed by atoms with Crippen LogP contribution in [0.1, 0.15) is 20.8 Å². The second-order valence-electron chi connectivity index (χ2n) is 3.71. The highest BCUT2D eigenvalue weighted by molar-refractivity contribution is 7.86. The van der Waals surface area contributed by atoms with Crippen molar-refractivity contribution in [3.63, 3.8) is 0 Å². The van der Waals surface area contributed by atoms with Gasteiger partial charge in [-0.05, 0) is 32.9 Å². The Kier molecular flexibility index (Phi) is 2.71. The number of aromatic nitrogens is 1. The van der Waals surface area contributed by atoms with Crippen LogP contribution in [0.5, 0.6) is 5.75 Å². The van der Waals surface area contributed by atoms with Crippen LogP contribution in [0.2, 0.25) is 0 Å². The van der Waals surface area contributed by atoms with E-state index in [1.165, 1.54) is 12.3 Å². The van der Waals surface area contributed by atoms with Gasteiger partial charge < -0.3 is 5.11 Å². The largest absolute Gasteiger partial charge is 0.505 e. The van der Waals surface area contributed by atoms with E-state index in [-0.39, 0.29) is 10.8 Å². The highest BCUT2D eigenvalue weighted by Crippen LogP contribution is 2.24. The molecule has 0 saturated heterocycles. The number of hydrogen-bond donors (Lipinski definition) is 1. The minimum absolute atomic E-state index is 0.00393. The van der Waals surface area contributed by atoms with Crippen LogP contribution in [0.25, 0.3) is 0 Å². The van der Waals surface area contributed by atoms with E-state index in [0.717, 1.165) is 0 Å². The lowest BCUT2D eigenvalue weighted by molar-refractivity contribution is 0.454. The first-order chi connectivity index (χ1) is 5.93. The zero-order valence-electron chi connectivity index (χ0n) is 7.94. The molecular formula is C9H13NO2S. The first-order valence-corrected chi connectivity index (χ1v) is 5.14. The van der Waals surface area contributed by atoms with Crippen molar-refractivity contribution in [1.29, 1.82) is 0 Å². The lowest BCUT2D eigenvalue weighted by atomic mass is 10.3. The van der Waals surface area contributed by atoms with Crippen molar-refractivity contribution in [1.82, 2.24) is 4.98 Å². The topological polar surface area (TPSA) is 50.2 Å². The smallest absolute Gasteiger partial charge is 0.169 e. The van der Waals surface area contributed by atoms with Crippen LogP contribution in [0.3, 0.4) is 0 Å². The van der Waals surface area contributed by atoms with E-state index >= 15 is 0 Å². The van der Waals surface area contributed by atoms with Crippen molar-refractivity contribution in [2.24, 2.45) is 0 Å². The lowest BCUT2D eigenvalue weighted by Gasteiger charge is -2.17. The molecule has 1 heterocycles. The highest BCUT2D eigenvalue weighted by Gasteiger charge is 2.24. The van der Waals surface area contributed by atoms with Crippen LogP contribution in [0, 0.1) is 0 Å². The number of pyridine rings is 1. The summed E-state index contributed by atoms with van der Waals surface area (Å²) >= 11 is 0. The van der Waals surface area contributed by atoms with Crippen LogP contribution in [0.4, 0.5) is 0 Å². The van der Waals surface area contributed by atoms with Crippen molar-refractivity contribution >= 4 is 10.8 Å². The Balaban J connectivity index is 3.10. The molecular weight excluding hydrogens is 186 g/mol. The van der Waals surface area contributed by atoms with Gasteiger partial charge in [-0.3, -0.25) is 4.21 Å². The summed E-state index contributed by atoms with van der Waals surface area (Å²) < 4.78 is 11.4.